The molecule has 1 aromatic heterocycles. The lowest BCUT2D eigenvalue weighted by atomic mass is 10.1. The van der Waals surface area contributed by atoms with Crippen molar-refractivity contribution in [2.45, 2.75) is 13.0 Å². The van der Waals surface area contributed by atoms with Crippen molar-refractivity contribution in [1.29, 1.82) is 0 Å². The number of piperazine rings is 1. The highest BCUT2D eigenvalue weighted by Crippen LogP contribution is 2.28. The second kappa shape index (κ2) is 11.0. The van der Waals surface area contributed by atoms with Crippen LogP contribution in [-0.4, -0.2) is 70.0 Å². The number of rotatable bonds is 10. The van der Waals surface area contributed by atoms with E-state index in [0.717, 1.165) is 70.4 Å². The van der Waals surface area contributed by atoms with Crippen molar-refractivity contribution in [3.05, 3.63) is 59.0 Å². The second-order valence-corrected chi connectivity index (χ2v) is 8.91. The zero-order chi connectivity index (χ0) is 21.5. The van der Waals surface area contributed by atoms with E-state index in [9.17, 15) is 0 Å². The first-order valence-corrected chi connectivity index (χ1v) is 11.8. The van der Waals surface area contributed by atoms with Crippen LogP contribution in [0, 0.1) is 0 Å². The van der Waals surface area contributed by atoms with Gasteiger partial charge in [-0.3, -0.25) is 9.80 Å². The van der Waals surface area contributed by atoms with Crippen LogP contribution in [-0.2, 0) is 17.7 Å². The zero-order valence-corrected chi connectivity index (χ0v) is 19.3. The van der Waals surface area contributed by atoms with Gasteiger partial charge < -0.3 is 14.2 Å². The Hall–Kier alpha value is -2.12. The summed E-state index contributed by atoms with van der Waals surface area (Å²) in [4.78, 5) is 5.00. The van der Waals surface area contributed by atoms with Crippen molar-refractivity contribution in [2.24, 2.45) is 0 Å². The molecule has 0 saturated carbocycles. The highest BCUT2D eigenvalue weighted by molar-refractivity contribution is 7.17. The number of fused-ring (bicyclic) bond motifs is 1. The number of methoxy groups -OCH3 is 2. The lowest BCUT2D eigenvalue weighted by Crippen LogP contribution is -2.46. The van der Waals surface area contributed by atoms with E-state index in [1.54, 1.807) is 25.6 Å². The Balaban J connectivity index is 1.13. The smallest absolute Gasteiger partial charge is 0.161 e. The molecule has 0 aliphatic carbocycles. The normalized spacial score (nSPS) is 15.4. The first-order valence-electron chi connectivity index (χ1n) is 10.9. The molecule has 31 heavy (non-hydrogen) atoms. The Morgan fingerprint density at radius 1 is 0.806 bits per heavy atom. The molecule has 0 amide bonds. The van der Waals surface area contributed by atoms with Gasteiger partial charge in [-0.1, -0.05) is 18.2 Å². The van der Waals surface area contributed by atoms with Gasteiger partial charge in [-0.15, -0.1) is 11.3 Å². The summed E-state index contributed by atoms with van der Waals surface area (Å²) in [6.07, 6.45) is 0.977. The molecular weight excluding hydrogens is 408 g/mol. The Labute approximate surface area is 189 Å². The Morgan fingerprint density at radius 2 is 1.58 bits per heavy atom. The first kappa shape index (κ1) is 22.1. The molecule has 4 rings (SSSR count). The van der Waals surface area contributed by atoms with Crippen molar-refractivity contribution >= 4 is 21.4 Å². The summed E-state index contributed by atoms with van der Waals surface area (Å²) in [6.45, 7) is 7.87. The van der Waals surface area contributed by atoms with E-state index in [1.807, 2.05) is 6.07 Å². The van der Waals surface area contributed by atoms with Crippen LogP contribution < -0.4 is 9.47 Å². The topological polar surface area (TPSA) is 34.2 Å². The van der Waals surface area contributed by atoms with Crippen LogP contribution in [0.25, 0.3) is 10.1 Å². The number of thiophene rings is 1. The van der Waals surface area contributed by atoms with Crippen LogP contribution in [0.4, 0.5) is 0 Å². The van der Waals surface area contributed by atoms with Gasteiger partial charge in [0.15, 0.2) is 11.5 Å². The Bertz CT molecular complexity index is 966. The van der Waals surface area contributed by atoms with Crippen molar-refractivity contribution in [3.8, 4) is 11.5 Å². The molecule has 0 N–H and O–H groups in total. The molecule has 1 aliphatic heterocycles. The highest BCUT2D eigenvalue weighted by atomic mass is 32.1. The summed E-state index contributed by atoms with van der Waals surface area (Å²) in [6, 6.07) is 15.1. The average molecular weight is 441 g/mol. The van der Waals surface area contributed by atoms with Gasteiger partial charge in [-0.05, 0) is 52.6 Å². The second-order valence-electron chi connectivity index (χ2n) is 7.96. The molecule has 0 spiro atoms. The molecule has 166 valence electrons. The average Bonchev–Trinajstić information content (AvgIpc) is 3.28. The molecule has 1 fully saturated rings. The predicted octanol–water partition coefficient (Wildman–Crippen LogP) is 4.30. The van der Waals surface area contributed by atoms with Crippen molar-refractivity contribution in [2.75, 3.05) is 60.2 Å². The molecular formula is C25H32N2O3S. The van der Waals surface area contributed by atoms with E-state index < -0.39 is 0 Å². The first-order chi connectivity index (χ1) is 15.2. The molecule has 0 bridgehead atoms. The lowest BCUT2D eigenvalue weighted by Gasteiger charge is -2.34. The molecule has 6 heteroatoms. The molecule has 0 radical (unpaired) electrons. The van der Waals surface area contributed by atoms with Gasteiger partial charge in [0.25, 0.3) is 0 Å². The molecule has 2 aromatic carbocycles. The summed E-state index contributed by atoms with van der Waals surface area (Å²) >= 11 is 1.80. The van der Waals surface area contributed by atoms with Gasteiger partial charge in [0.2, 0.25) is 0 Å². The minimum Gasteiger partial charge on any atom is -0.493 e. The maximum Gasteiger partial charge on any atom is 0.161 e. The quantitative estimate of drug-likeness (QED) is 0.439. The maximum atomic E-state index is 5.93. The van der Waals surface area contributed by atoms with Gasteiger partial charge in [0.1, 0.15) is 0 Å². The lowest BCUT2D eigenvalue weighted by molar-refractivity contribution is 0.0747. The van der Waals surface area contributed by atoms with E-state index in [-0.39, 0.29) is 0 Å². The highest BCUT2D eigenvalue weighted by Gasteiger charge is 2.17. The summed E-state index contributed by atoms with van der Waals surface area (Å²) in [7, 11) is 3.36. The van der Waals surface area contributed by atoms with Gasteiger partial charge >= 0.3 is 0 Å². The van der Waals surface area contributed by atoms with Gasteiger partial charge in [-0.25, -0.2) is 0 Å². The Morgan fingerprint density at radius 3 is 2.39 bits per heavy atom. The number of nitrogens with zero attached hydrogens (tertiary/aromatic N) is 2. The van der Waals surface area contributed by atoms with Crippen LogP contribution in [0.3, 0.4) is 0 Å². The summed E-state index contributed by atoms with van der Waals surface area (Å²) in [5.74, 6) is 1.58. The van der Waals surface area contributed by atoms with Crippen LogP contribution in [0.5, 0.6) is 11.5 Å². The number of benzene rings is 2. The third-order valence-corrected chi connectivity index (χ3v) is 6.82. The zero-order valence-electron chi connectivity index (χ0n) is 18.5. The molecule has 0 unspecified atom stereocenters. The molecule has 1 aliphatic rings. The third kappa shape index (κ3) is 5.98. The van der Waals surface area contributed by atoms with Crippen molar-refractivity contribution in [1.82, 2.24) is 9.80 Å². The third-order valence-electron chi connectivity index (χ3n) is 5.92. The number of ether oxygens (including phenoxy) is 3. The van der Waals surface area contributed by atoms with Crippen LogP contribution in [0.1, 0.15) is 11.1 Å². The van der Waals surface area contributed by atoms with E-state index in [0.29, 0.717) is 0 Å². The van der Waals surface area contributed by atoms with Gasteiger partial charge in [0, 0.05) is 44.0 Å². The maximum absolute atomic E-state index is 5.93. The fourth-order valence-corrected chi connectivity index (χ4v) is 4.84. The van der Waals surface area contributed by atoms with Crippen LogP contribution >= 0.6 is 11.3 Å². The molecule has 0 atom stereocenters. The molecule has 5 nitrogen and oxygen atoms in total. The van der Waals surface area contributed by atoms with Gasteiger partial charge in [0.05, 0.1) is 27.4 Å². The summed E-state index contributed by atoms with van der Waals surface area (Å²) < 4.78 is 18.0. The standard InChI is InChI=1S/C25H32N2O3S/c1-28-23-5-3-21(18-24(23)29-2)19-27-11-9-26(10-12-27)13-15-30-14-7-20-4-6-25-22(17-20)8-16-31-25/h3-6,8,16-18H,7,9-15,19H2,1-2H3. The summed E-state index contributed by atoms with van der Waals surface area (Å²) in [5.41, 5.74) is 2.62. The fourth-order valence-electron chi connectivity index (χ4n) is 4.07. The minimum atomic E-state index is 0.781. The Kier molecular flexibility index (Phi) is 7.81. The predicted molar refractivity (Wildman–Crippen MR) is 128 cm³/mol. The minimum absolute atomic E-state index is 0.781. The van der Waals surface area contributed by atoms with Crippen molar-refractivity contribution in [3.63, 3.8) is 0 Å². The molecule has 1 saturated heterocycles. The molecule has 3 aromatic rings. The largest absolute Gasteiger partial charge is 0.493 e. The van der Waals surface area contributed by atoms with E-state index in [4.69, 9.17) is 14.2 Å². The monoisotopic (exact) mass is 440 g/mol. The number of hydrogen-bond acceptors (Lipinski definition) is 6. The summed E-state index contributed by atoms with van der Waals surface area (Å²) in [5, 5.41) is 3.49. The van der Waals surface area contributed by atoms with E-state index >= 15 is 0 Å². The fraction of sp³-hybridized carbons (Fsp3) is 0.440. The van der Waals surface area contributed by atoms with E-state index in [1.165, 1.54) is 21.2 Å². The van der Waals surface area contributed by atoms with Crippen molar-refractivity contribution < 1.29 is 14.2 Å². The van der Waals surface area contributed by atoms with Crippen LogP contribution in [0.2, 0.25) is 0 Å². The molecule has 2 heterocycles. The van der Waals surface area contributed by atoms with Crippen LogP contribution in [0.15, 0.2) is 47.8 Å². The number of hydrogen-bond donors (Lipinski definition) is 0. The van der Waals surface area contributed by atoms with E-state index in [2.05, 4.69) is 51.6 Å². The SMILES string of the molecule is COc1ccc(CN2CCN(CCOCCc3ccc4sccc4c3)CC2)cc1OC. The van der Waals surface area contributed by atoms with Gasteiger partial charge in [-0.2, -0.15) is 0 Å².